The van der Waals surface area contributed by atoms with Crippen LogP contribution in [0.3, 0.4) is 0 Å². The van der Waals surface area contributed by atoms with Crippen molar-refractivity contribution < 1.29 is 9.85 Å². The minimum absolute atomic E-state index is 0.0961. The second-order valence-corrected chi connectivity index (χ2v) is 7.98. The highest BCUT2D eigenvalue weighted by atomic mass is 16.6. The first-order chi connectivity index (χ1) is 14.1. The summed E-state index contributed by atoms with van der Waals surface area (Å²) in [4.78, 5) is 28.0. The Bertz CT molecular complexity index is 1060. The molecule has 1 aliphatic heterocycles. The molecule has 30 heavy (non-hydrogen) atoms. The van der Waals surface area contributed by atoms with Crippen molar-refractivity contribution in [2.75, 3.05) is 24.3 Å². The largest absolute Gasteiger partial charge is 0.378 e. The molecule has 156 valence electrons. The summed E-state index contributed by atoms with van der Waals surface area (Å²) in [5.74, 6) is 0. The summed E-state index contributed by atoms with van der Waals surface area (Å²) in [6, 6.07) is 10.2. The van der Waals surface area contributed by atoms with Crippen molar-refractivity contribution in [2.45, 2.75) is 25.8 Å². The third kappa shape index (κ3) is 4.62. The Labute approximate surface area is 174 Å². The average molecular weight is 409 g/mol. The van der Waals surface area contributed by atoms with Crippen LogP contribution in [-0.4, -0.2) is 35.2 Å². The first kappa shape index (κ1) is 21.0. The van der Waals surface area contributed by atoms with Gasteiger partial charge in [0.1, 0.15) is 0 Å². The normalized spacial score (nSPS) is 15.0. The van der Waals surface area contributed by atoms with Crippen LogP contribution in [0.2, 0.25) is 0 Å². The van der Waals surface area contributed by atoms with E-state index in [1.54, 1.807) is 0 Å². The molecule has 2 aromatic rings. The van der Waals surface area contributed by atoms with Gasteiger partial charge in [-0.3, -0.25) is 20.2 Å². The van der Waals surface area contributed by atoms with Crippen LogP contribution in [0.1, 0.15) is 25.8 Å². The fourth-order valence-corrected chi connectivity index (χ4v) is 3.28. The Hall–Kier alpha value is -3.75. The van der Waals surface area contributed by atoms with E-state index in [2.05, 4.69) is 10.3 Å². The Morgan fingerprint density at radius 2 is 1.73 bits per heavy atom. The van der Waals surface area contributed by atoms with Crippen molar-refractivity contribution in [3.05, 3.63) is 68.3 Å². The molecule has 0 saturated heterocycles. The smallest absolute Gasteiger partial charge is 0.303 e. The molecule has 0 amide bonds. The summed E-state index contributed by atoms with van der Waals surface area (Å²) in [6.07, 6.45) is 4.21. The van der Waals surface area contributed by atoms with Crippen LogP contribution in [0.15, 0.2) is 47.5 Å². The van der Waals surface area contributed by atoms with E-state index in [1.807, 2.05) is 69.3 Å². The van der Waals surface area contributed by atoms with Crippen molar-refractivity contribution >= 4 is 40.2 Å². The standard InChI is InChI=1S/C21H23N5O4/c1-21(2)13-15(8-5-14-6-9-16(10-7-14)24(3)4)22-20-18(23-21)11-17(25(27)28)12-19(20)26(29)30/h5-12,23H,13H2,1-4H3/b8-5+. The summed E-state index contributed by atoms with van der Waals surface area (Å²) in [5.41, 5.74) is 1.81. The molecular weight excluding hydrogens is 386 g/mol. The molecule has 9 nitrogen and oxygen atoms in total. The van der Waals surface area contributed by atoms with E-state index in [1.165, 1.54) is 6.07 Å². The molecule has 0 fully saturated rings. The highest BCUT2D eigenvalue weighted by Crippen LogP contribution is 2.42. The number of nitro groups is 2. The predicted molar refractivity (Wildman–Crippen MR) is 119 cm³/mol. The summed E-state index contributed by atoms with van der Waals surface area (Å²) in [5, 5.41) is 25.9. The number of hydrogen-bond donors (Lipinski definition) is 1. The maximum atomic E-state index is 11.6. The minimum Gasteiger partial charge on any atom is -0.378 e. The number of nitrogens with one attached hydrogen (secondary N) is 1. The fourth-order valence-electron chi connectivity index (χ4n) is 3.28. The number of anilines is 2. The van der Waals surface area contributed by atoms with Gasteiger partial charge in [-0.15, -0.1) is 0 Å². The van der Waals surface area contributed by atoms with Crippen LogP contribution in [-0.2, 0) is 0 Å². The van der Waals surface area contributed by atoms with Gasteiger partial charge >= 0.3 is 5.69 Å². The first-order valence-corrected chi connectivity index (χ1v) is 9.34. The van der Waals surface area contributed by atoms with Crippen LogP contribution in [0.25, 0.3) is 6.08 Å². The Morgan fingerprint density at radius 1 is 1.07 bits per heavy atom. The molecule has 2 aromatic carbocycles. The number of benzene rings is 2. The molecule has 0 aromatic heterocycles. The predicted octanol–water partition coefficient (Wildman–Crippen LogP) is 4.95. The van der Waals surface area contributed by atoms with Crippen molar-refractivity contribution in [1.82, 2.24) is 0 Å². The van der Waals surface area contributed by atoms with Gasteiger partial charge in [-0.1, -0.05) is 18.2 Å². The fraction of sp³-hybridized carbons (Fsp3) is 0.286. The SMILES string of the molecule is CN(C)c1ccc(/C=C/C2=Nc3c(cc([N+](=O)[O-])cc3[N+](=O)[O-])NC(C)(C)C2)cc1. The van der Waals surface area contributed by atoms with Gasteiger partial charge in [0.15, 0.2) is 5.69 Å². The quantitative estimate of drug-likeness (QED) is 0.552. The molecule has 0 unspecified atom stereocenters. The molecule has 0 bridgehead atoms. The van der Waals surface area contributed by atoms with Crippen LogP contribution >= 0.6 is 0 Å². The van der Waals surface area contributed by atoms with E-state index in [9.17, 15) is 20.2 Å². The lowest BCUT2D eigenvalue weighted by atomic mass is 9.96. The topological polar surface area (TPSA) is 114 Å². The Kier molecular flexibility index (Phi) is 5.55. The maximum absolute atomic E-state index is 11.6. The summed E-state index contributed by atoms with van der Waals surface area (Å²) >= 11 is 0. The molecule has 1 heterocycles. The zero-order chi connectivity index (χ0) is 22.1. The van der Waals surface area contributed by atoms with E-state index in [0.717, 1.165) is 17.3 Å². The van der Waals surface area contributed by atoms with E-state index in [-0.39, 0.29) is 17.1 Å². The average Bonchev–Trinajstić information content (AvgIpc) is 2.79. The molecule has 0 atom stereocenters. The number of hydrogen-bond acceptors (Lipinski definition) is 7. The molecule has 0 aliphatic carbocycles. The van der Waals surface area contributed by atoms with Gasteiger partial charge in [0.25, 0.3) is 5.69 Å². The second-order valence-electron chi connectivity index (χ2n) is 7.98. The van der Waals surface area contributed by atoms with Crippen molar-refractivity contribution in [3.63, 3.8) is 0 Å². The van der Waals surface area contributed by atoms with E-state index >= 15 is 0 Å². The Balaban J connectivity index is 2.05. The van der Waals surface area contributed by atoms with Crippen LogP contribution in [0, 0.1) is 20.2 Å². The third-order valence-corrected chi connectivity index (χ3v) is 4.71. The van der Waals surface area contributed by atoms with Gasteiger partial charge in [0.05, 0.1) is 21.6 Å². The molecule has 0 saturated carbocycles. The number of allylic oxidation sites excluding steroid dienone is 1. The number of aliphatic imine (C=N–C) groups is 1. The number of nitrogens with zero attached hydrogens (tertiary/aromatic N) is 4. The molecule has 9 heteroatoms. The molecule has 1 N–H and O–H groups in total. The van der Waals surface area contributed by atoms with Crippen LogP contribution in [0.5, 0.6) is 0 Å². The highest BCUT2D eigenvalue weighted by molar-refractivity contribution is 6.03. The monoisotopic (exact) mass is 409 g/mol. The Morgan fingerprint density at radius 3 is 2.30 bits per heavy atom. The van der Waals surface area contributed by atoms with Crippen LogP contribution < -0.4 is 10.2 Å². The zero-order valence-corrected chi connectivity index (χ0v) is 17.2. The first-order valence-electron chi connectivity index (χ1n) is 9.34. The van der Waals surface area contributed by atoms with Gasteiger partial charge in [0.2, 0.25) is 0 Å². The second kappa shape index (κ2) is 7.94. The van der Waals surface area contributed by atoms with Gasteiger partial charge in [-0.05, 0) is 37.6 Å². The van der Waals surface area contributed by atoms with Crippen molar-refractivity contribution in [3.8, 4) is 0 Å². The van der Waals surface area contributed by atoms with E-state index in [0.29, 0.717) is 12.1 Å². The molecule has 1 aliphatic rings. The zero-order valence-electron chi connectivity index (χ0n) is 17.2. The number of fused-ring (bicyclic) bond motifs is 1. The third-order valence-electron chi connectivity index (χ3n) is 4.71. The van der Waals surface area contributed by atoms with Gasteiger partial charge < -0.3 is 10.2 Å². The molecule has 0 spiro atoms. The van der Waals surface area contributed by atoms with Gasteiger partial charge in [-0.2, -0.15) is 0 Å². The summed E-state index contributed by atoms with van der Waals surface area (Å²) < 4.78 is 0. The lowest BCUT2D eigenvalue weighted by molar-refractivity contribution is -0.393. The van der Waals surface area contributed by atoms with Crippen molar-refractivity contribution in [2.24, 2.45) is 4.99 Å². The minimum atomic E-state index is -0.644. The lowest BCUT2D eigenvalue weighted by Crippen LogP contribution is -2.32. The van der Waals surface area contributed by atoms with Crippen LogP contribution in [0.4, 0.5) is 28.4 Å². The molecular formula is C21H23N5O4. The highest BCUT2D eigenvalue weighted by Gasteiger charge is 2.31. The maximum Gasteiger partial charge on any atom is 0.303 e. The number of non-ortho nitro benzene ring substituents is 1. The molecule has 0 radical (unpaired) electrons. The lowest BCUT2D eigenvalue weighted by Gasteiger charge is -2.25. The van der Waals surface area contributed by atoms with Gasteiger partial charge in [0, 0.05) is 43.5 Å². The van der Waals surface area contributed by atoms with Crippen molar-refractivity contribution in [1.29, 1.82) is 0 Å². The summed E-state index contributed by atoms with van der Waals surface area (Å²) in [6.45, 7) is 3.84. The van der Waals surface area contributed by atoms with Gasteiger partial charge in [-0.25, -0.2) is 4.99 Å². The number of rotatable bonds is 5. The van der Waals surface area contributed by atoms with E-state index < -0.39 is 21.1 Å². The van der Waals surface area contributed by atoms with E-state index in [4.69, 9.17) is 0 Å². The summed E-state index contributed by atoms with van der Waals surface area (Å²) in [7, 11) is 3.93. The number of nitro benzene ring substituents is 2. The molecule has 3 rings (SSSR count).